The van der Waals surface area contributed by atoms with E-state index in [1.54, 1.807) is 0 Å². The Morgan fingerprint density at radius 1 is 1.40 bits per heavy atom. The molecule has 0 amide bonds. The number of nitrogen functional groups attached to an aromatic ring is 1. The van der Waals surface area contributed by atoms with Gasteiger partial charge in [0.15, 0.2) is 5.78 Å². The lowest BCUT2D eigenvalue weighted by Gasteiger charge is -2.12. The van der Waals surface area contributed by atoms with Gasteiger partial charge in [-0.15, -0.1) is 0 Å². The normalized spacial score (nSPS) is 11.5. The summed E-state index contributed by atoms with van der Waals surface area (Å²) in [6, 6.07) is 1.59. The fourth-order valence-electron chi connectivity index (χ4n) is 1.14. The van der Waals surface area contributed by atoms with Crippen molar-refractivity contribution in [1.82, 2.24) is 0 Å². The number of benzene rings is 1. The van der Waals surface area contributed by atoms with Crippen LogP contribution in [0.15, 0.2) is 12.1 Å². The van der Waals surface area contributed by atoms with Crippen LogP contribution in [0.4, 0.5) is 18.9 Å². The molecule has 3 N–H and O–H groups in total. The van der Waals surface area contributed by atoms with Gasteiger partial charge in [0.2, 0.25) is 0 Å². The number of carbonyl (C=O) groups excluding carboxylic acids is 1. The molecule has 15 heavy (non-hydrogen) atoms. The Morgan fingerprint density at radius 2 is 1.93 bits per heavy atom. The molecule has 0 aliphatic rings. The number of phenols is 1. The van der Waals surface area contributed by atoms with Crippen molar-refractivity contribution in [3.8, 4) is 5.75 Å². The maximum absolute atomic E-state index is 12.3. The van der Waals surface area contributed by atoms with Gasteiger partial charge >= 0.3 is 6.18 Å². The zero-order valence-electron chi connectivity index (χ0n) is 7.72. The lowest BCUT2D eigenvalue weighted by atomic mass is 10.0. The van der Waals surface area contributed by atoms with Crippen LogP contribution in [0.3, 0.4) is 0 Å². The highest BCUT2D eigenvalue weighted by atomic mass is 19.4. The van der Waals surface area contributed by atoms with Crippen molar-refractivity contribution < 1.29 is 23.1 Å². The van der Waals surface area contributed by atoms with Gasteiger partial charge in [-0.2, -0.15) is 13.2 Å². The number of nitrogens with two attached hydrogens (primary N) is 1. The van der Waals surface area contributed by atoms with Crippen LogP contribution in [0.25, 0.3) is 0 Å². The van der Waals surface area contributed by atoms with Crippen molar-refractivity contribution in [1.29, 1.82) is 0 Å². The topological polar surface area (TPSA) is 63.3 Å². The molecule has 0 unspecified atom stereocenters. The average molecular weight is 219 g/mol. The van der Waals surface area contributed by atoms with Gasteiger partial charge in [0.25, 0.3) is 0 Å². The molecule has 1 aromatic carbocycles. The van der Waals surface area contributed by atoms with Gasteiger partial charge in [0.05, 0.1) is 5.56 Å². The third-order valence-electron chi connectivity index (χ3n) is 1.82. The maximum Gasteiger partial charge on any atom is 0.420 e. The Hall–Kier alpha value is -1.72. The molecule has 6 heteroatoms. The average Bonchev–Trinajstić information content (AvgIpc) is 2.06. The molecule has 0 aliphatic heterocycles. The SMILES string of the molecule is CC(=O)c1cc(N)cc(C(F)(F)F)c1O. The Bertz CT molecular complexity index is 413. The highest BCUT2D eigenvalue weighted by Crippen LogP contribution is 2.39. The van der Waals surface area contributed by atoms with E-state index in [2.05, 4.69) is 0 Å². The zero-order valence-corrected chi connectivity index (χ0v) is 7.72. The first-order valence-electron chi connectivity index (χ1n) is 3.94. The highest BCUT2D eigenvalue weighted by molar-refractivity contribution is 5.98. The number of carbonyl (C=O) groups is 1. The molecule has 82 valence electrons. The monoisotopic (exact) mass is 219 g/mol. The third-order valence-corrected chi connectivity index (χ3v) is 1.82. The number of halogens is 3. The summed E-state index contributed by atoms with van der Waals surface area (Å²) in [7, 11) is 0. The summed E-state index contributed by atoms with van der Waals surface area (Å²) in [5, 5.41) is 9.22. The van der Waals surface area contributed by atoms with E-state index >= 15 is 0 Å². The van der Waals surface area contributed by atoms with E-state index in [1.807, 2.05) is 0 Å². The number of anilines is 1. The standard InChI is InChI=1S/C9H8F3NO2/c1-4(14)6-2-5(13)3-7(8(6)15)9(10,11)12/h2-3,15H,13H2,1H3. The van der Waals surface area contributed by atoms with E-state index in [0.717, 1.165) is 13.0 Å². The number of phenolic OH excluding ortho intramolecular Hbond substituents is 1. The summed E-state index contributed by atoms with van der Waals surface area (Å²) in [6.07, 6.45) is -4.73. The van der Waals surface area contributed by atoms with Gasteiger partial charge in [-0.1, -0.05) is 0 Å². The van der Waals surface area contributed by atoms with Crippen LogP contribution in [0.2, 0.25) is 0 Å². The van der Waals surface area contributed by atoms with E-state index in [0.29, 0.717) is 6.07 Å². The minimum atomic E-state index is -4.73. The van der Waals surface area contributed by atoms with Crippen LogP contribution in [0, 0.1) is 0 Å². The van der Waals surface area contributed by atoms with E-state index in [9.17, 15) is 23.1 Å². The molecule has 0 saturated carbocycles. The summed E-state index contributed by atoms with van der Waals surface area (Å²) < 4.78 is 37.0. The van der Waals surface area contributed by atoms with Crippen LogP contribution < -0.4 is 5.73 Å². The predicted octanol–water partition coefficient (Wildman–Crippen LogP) is 2.20. The van der Waals surface area contributed by atoms with Crippen LogP contribution in [-0.2, 0) is 6.18 Å². The van der Waals surface area contributed by atoms with Crippen LogP contribution in [0.1, 0.15) is 22.8 Å². The minimum Gasteiger partial charge on any atom is -0.507 e. The molecule has 0 aromatic heterocycles. The number of alkyl halides is 3. The summed E-state index contributed by atoms with van der Waals surface area (Å²) in [4.78, 5) is 10.9. The molecule has 0 saturated heterocycles. The Balaban J connectivity index is 3.49. The Kier molecular flexibility index (Phi) is 2.61. The molecule has 0 bridgehead atoms. The molecule has 3 nitrogen and oxygen atoms in total. The number of aromatic hydroxyl groups is 1. The largest absolute Gasteiger partial charge is 0.507 e. The first-order valence-corrected chi connectivity index (χ1v) is 3.94. The summed E-state index contributed by atoms with van der Waals surface area (Å²) in [5.74, 6) is -1.76. The molecule has 0 atom stereocenters. The third kappa shape index (κ3) is 2.20. The van der Waals surface area contributed by atoms with Crippen LogP contribution in [0.5, 0.6) is 5.75 Å². The summed E-state index contributed by atoms with van der Waals surface area (Å²) in [5.41, 5.74) is 3.26. The fourth-order valence-corrected chi connectivity index (χ4v) is 1.14. The molecule has 0 radical (unpaired) electrons. The van der Waals surface area contributed by atoms with Gasteiger partial charge in [-0.25, -0.2) is 0 Å². The van der Waals surface area contributed by atoms with Gasteiger partial charge < -0.3 is 10.8 Å². The smallest absolute Gasteiger partial charge is 0.420 e. The van der Waals surface area contributed by atoms with Crippen molar-refractivity contribution in [3.63, 3.8) is 0 Å². The number of hydrogen-bond donors (Lipinski definition) is 2. The zero-order chi connectivity index (χ0) is 11.8. The van der Waals surface area contributed by atoms with Crippen molar-refractivity contribution >= 4 is 11.5 Å². The second kappa shape index (κ2) is 3.45. The summed E-state index contributed by atoms with van der Waals surface area (Å²) >= 11 is 0. The van der Waals surface area contributed by atoms with E-state index in [1.165, 1.54) is 0 Å². The number of ketones is 1. The van der Waals surface area contributed by atoms with Crippen molar-refractivity contribution in [2.45, 2.75) is 13.1 Å². The van der Waals surface area contributed by atoms with Crippen molar-refractivity contribution in [2.24, 2.45) is 0 Å². The lowest BCUT2D eigenvalue weighted by molar-refractivity contribution is -0.138. The highest BCUT2D eigenvalue weighted by Gasteiger charge is 2.35. The molecule has 1 aromatic rings. The fraction of sp³-hybridized carbons (Fsp3) is 0.222. The van der Waals surface area contributed by atoms with Gasteiger partial charge in [0.1, 0.15) is 11.3 Å². The predicted molar refractivity (Wildman–Crippen MR) is 47.5 cm³/mol. The maximum atomic E-state index is 12.3. The molecule has 1 rings (SSSR count). The first kappa shape index (κ1) is 11.4. The quantitative estimate of drug-likeness (QED) is 0.432. The molecule has 0 aliphatic carbocycles. The van der Waals surface area contributed by atoms with Gasteiger partial charge in [0, 0.05) is 5.69 Å². The van der Waals surface area contributed by atoms with Crippen molar-refractivity contribution in [3.05, 3.63) is 23.3 Å². The second-order valence-corrected chi connectivity index (χ2v) is 3.02. The van der Waals surface area contributed by atoms with E-state index < -0.39 is 28.8 Å². The summed E-state index contributed by atoms with van der Waals surface area (Å²) in [6.45, 7) is 1.05. The Morgan fingerprint density at radius 3 is 2.33 bits per heavy atom. The molecule has 0 fully saturated rings. The van der Waals surface area contributed by atoms with Crippen LogP contribution >= 0.6 is 0 Å². The van der Waals surface area contributed by atoms with Gasteiger partial charge in [-0.3, -0.25) is 4.79 Å². The molecule has 0 heterocycles. The first-order chi connectivity index (χ1) is 6.73. The lowest BCUT2D eigenvalue weighted by Crippen LogP contribution is -2.09. The molecular weight excluding hydrogens is 211 g/mol. The van der Waals surface area contributed by atoms with Gasteiger partial charge in [-0.05, 0) is 19.1 Å². The minimum absolute atomic E-state index is 0.217. The number of Topliss-reactive ketones (excluding diaryl/α,β-unsaturated/α-hetero) is 1. The molecular formula is C9H8F3NO2. The van der Waals surface area contributed by atoms with E-state index in [4.69, 9.17) is 5.73 Å². The van der Waals surface area contributed by atoms with E-state index in [-0.39, 0.29) is 5.69 Å². The number of rotatable bonds is 1. The van der Waals surface area contributed by atoms with Crippen molar-refractivity contribution in [2.75, 3.05) is 5.73 Å². The molecule has 0 spiro atoms. The second-order valence-electron chi connectivity index (χ2n) is 3.02. The van der Waals surface area contributed by atoms with Crippen LogP contribution in [-0.4, -0.2) is 10.9 Å². The number of hydrogen-bond acceptors (Lipinski definition) is 3. The Labute approximate surface area is 83.3 Å².